The number of nitro groups is 1. The van der Waals surface area contributed by atoms with Crippen molar-refractivity contribution in [3.05, 3.63) is 34.1 Å². The molecule has 7 nitrogen and oxygen atoms in total. The number of amidine groups is 1. The lowest BCUT2D eigenvalue weighted by molar-refractivity contribution is -0.384. The number of hydrogen-bond acceptors (Lipinski definition) is 5. The second kappa shape index (κ2) is 10.9. The Morgan fingerprint density at radius 3 is 2.63 bits per heavy atom. The van der Waals surface area contributed by atoms with Gasteiger partial charge in [-0.3, -0.25) is 19.9 Å². The summed E-state index contributed by atoms with van der Waals surface area (Å²) >= 11 is 1.67. The number of rotatable bonds is 5. The van der Waals surface area contributed by atoms with Crippen LogP contribution in [0.1, 0.15) is 51.9 Å². The van der Waals surface area contributed by atoms with Crippen LogP contribution in [0.25, 0.3) is 0 Å². The summed E-state index contributed by atoms with van der Waals surface area (Å²) in [6, 6.07) is 3.39. The van der Waals surface area contributed by atoms with Crippen molar-refractivity contribution in [1.29, 1.82) is 0 Å². The number of carbonyl (C=O) groups excluding carboxylic acids is 1. The maximum absolute atomic E-state index is 13.9. The standard InChI is InChI=1S/C20H27FN4O3S.ClH/c1-13-18(24(2)20(29-13)22-14-7-5-3-4-6-8-14)12-19(26)23-17-11-15(25(27)28)9-10-16(17)21;/h9-11,13-14,18H,3-8,12H2,1-2H3,(H,23,26);1H. The molecule has 1 aromatic rings. The molecule has 10 heteroatoms. The van der Waals surface area contributed by atoms with Crippen LogP contribution >= 0.6 is 24.2 Å². The minimum absolute atomic E-state index is 0. The van der Waals surface area contributed by atoms with Crippen molar-refractivity contribution in [1.82, 2.24) is 4.90 Å². The fourth-order valence-electron chi connectivity index (χ4n) is 3.87. The maximum Gasteiger partial charge on any atom is 0.271 e. The predicted molar refractivity (Wildman–Crippen MR) is 121 cm³/mol. The molecular formula is C20H28ClFN4O3S. The highest BCUT2D eigenvalue weighted by Gasteiger charge is 2.36. The number of aliphatic imine (C=N–C) groups is 1. The maximum atomic E-state index is 13.9. The van der Waals surface area contributed by atoms with Crippen LogP contribution in [0.3, 0.4) is 0 Å². The first kappa shape index (κ1) is 24.4. The highest BCUT2D eigenvalue weighted by atomic mass is 35.5. The zero-order chi connectivity index (χ0) is 21.0. The van der Waals surface area contributed by atoms with E-state index < -0.39 is 10.7 Å². The summed E-state index contributed by atoms with van der Waals surface area (Å²) in [4.78, 5) is 29.8. The quantitative estimate of drug-likeness (QED) is 0.381. The average Bonchev–Trinajstić information content (AvgIpc) is 2.85. The van der Waals surface area contributed by atoms with Crippen LogP contribution in [0.2, 0.25) is 0 Å². The minimum Gasteiger partial charge on any atom is -0.350 e. The van der Waals surface area contributed by atoms with E-state index in [9.17, 15) is 19.3 Å². The van der Waals surface area contributed by atoms with Crippen molar-refractivity contribution in [2.45, 2.75) is 69.2 Å². The number of hydrogen-bond donors (Lipinski definition) is 1. The average molecular weight is 459 g/mol. The summed E-state index contributed by atoms with van der Waals surface area (Å²) in [5.41, 5.74) is -0.432. The molecule has 2 atom stereocenters. The molecule has 30 heavy (non-hydrogen) atoms. The molecule has 1 amide bonds. The van der Waals surface area contributed by atoms with Crippen molar-refractivity contribution in [2.24, 2.45) is 4.99 Å². The normalized spacial score (nSPS) is 23.7. The Bertz CT molecular complexity index is 802. The first-order valence-electron chi connectivity index (χ1n) is 10.1. The molecule has 1 heterocycles. The summed E-state index contributed by atoms with van der Waals surface area (Å²) in [7, 11) is 1.94. The smallest absolute Gasteiger partial charge is 0.271 e. The van der Waals surface area contributed by atoms with Gasteiger partial charge in [-0.25, -0.2) is 4.39 Å². The lowest BCUT2D eigenvalue weighted by Crippen LogP contribution is -2.36. The fraction of sp³-hybridized carbons (Fsp3) is 0.600. The number of nitrogens with one attached hydrogen (secondary N) is 1. The molecule has 2 unspecified atom stereocenters. The third-order valence-corrected chi connectivity index (χ3v) is 6.87. The van der Waals surface area contributed by atoms with Crippen LogP contribution in [0.15, 0.2) is 23.2 Å². The highest BCUT2D eigenvalue weighted by Crippen LogP contribution is 2.34. The molecule has 1 N–H and O–H groups in total. The largest absolute Gasteiger partial charge is 0.350 e. The van der Waals surface area contributed by atoms with Crippen molar-refractivity contribution in [3.8, 4) is 0 Å². The molecular weight excluding hydrogens is 431 g/mol. The Balaban J connectivity index is 0.00000320. The monoisotopic (exact) mass is 458 g/mol. The minimum atomic E-state index is -0.693. The number of anilines is 1. The molecule has 0 radical (unpaired) electrons. The predicted octanol–water partition coefficient (Wildman–Crippen LogP) is 5.00. The summed E-state index contributed by atoms with van der Waals surface area (Å²) < 4.78 is 13.9. The zero-order valence-corrected chi connectivity index (χ0v) is 18.8. The topological polar surface area (TPSA) is 87.8 Å². The van der Waals surface area contributed by atoms with Crippen LogP contribution < -0.4 is 5.32 Å². The first-order valence-corrected chi connectivity index (χ1v) is 10.9. The summed E-state index contributed by atoms with van der Waals surface area (Å²) in [6.45, 7) is 2.06. The molecule has 2 aliphatic rings. The molecule has 0 aromatic heterocycles. The molecule has 3 rings (SSSR count). The van der Waals surface area contributed by atoms with Gasteiger partial charge in [0.1, 0.15) is 5.82 Å². The van der Waals surface area contributed by atoms with Crippen molar-refractivity contribution in [3.63, 3.8) is 0 Å². The van der Waals surface area contributed by atoms with E-state index in [2.05, 4.69) is 12.2 Å². The highest BCUT2D eigenvalue weighted by molar-refractivity contribution is 8.14. The second-order valence-corrected chi connectivity index (χ2v) is 9.08. The van der Waals surface area contributed by atoms with Gasteiger partial charge in [0, 0.05) is 30.9 Å². The van der Waals surface area contributed by atoms with E-state index in [4.69, 9.17) is 4.99 Å². The van der Waals surface area contributed by atoms with E-state index in [-0.39, 0.29) is 47.4 Å². The Hall–Kier alpha value is -1.87. The van der Waals surface area contributed by atoms with Gasteiger partial charge in [-0.15, -0.1) is 12.4 Å². The Morgan fingerprint density at radius 1 is 1.33 bits per heavy atom. The first-order chi connectivity index (χ1) is 13.8. The van der Waals surface area contributed by atoms with Gasteiger partial charge < -0.3 is 10.2 Å². The Labute approximate surface area is 186 Å². The summed E-state index contributed by atoms with van der Waals surface area (Å²) in [5, 5.41) is 14.5. The van der Waals surface area contributed by atoms with E-state index in [1.807, 2.05) is 11.9 Å². The van der Waals surface area contributed by atoms with Crippen LogP contribution in [-0.4, -0.2) is 45.3 Å². The SMILES string of the molecule is CC1SC(=NC2CCCCCC2)N(C)C1CC(=O)Nc1cc([N+](=O)[O-])ccc1F.Cl. The summed E-state index contributed by atoms with van der Waals surface area (Å²) in [6.07, 6.45) is 7.37. The number of nitrogens with zero attached hydrogens (tertiary/aromatic N) is 3. The molecule has 0 spiro atoms. The molecule has 1 aliphatic heterocycles. The fourth-order valence-corrected chi connectivity index (χ4v) is 5.15. The van der Waals surface area contributed by atoms with E-state index in [1.165, 1.54) is 25.7 Å². The van der Waals surface area contributed by atoms with Crippen molar-refractivity contribution < 1.29 is 14.1 Å². The van der Waals surface area contributed by atoms with Crippen molar-refractivity contribution >= 4 is 46.6 Å². The molecule has 1 aliphatic carbocycles. The van der Waals surface area contributed by atoms with Gasteiger partial charge in [0.25, 0.3) is 5.69 Å². The number of carbonyl (C=O) groups is 1. The molecule has 1 aromatic carbocycles. The van der Waals surface area contributed by atoms with Gasteiger partial charge in [-0.1, -0.05) is 44.4 Å². The third kappa shape index (κ3) is 6.07. The van der Waals surface area contributed by atoms with Gasteiger partial charge in [0.2, 0.25) is 5.91 Å². The second-order valence-electron chi connectivity index (χ2n) is 7.73. The third-order valence-electron chi connectivity index (χ3n) is 5.58. The number of benzene rings is 1. The van der Waals surface area contributed by atoms with Gasteiger partial charge in [-0.2, -0.15) is 0 Å². The van der Waals surface area contributed by atoms with Gasteiger partial charge in [0.15, 0.2) is 5.17 Å². The molecule has 0 bridgehead atoms. The number of halogens is 2. The number of nitro benzene ring substituents is 1. The van der Waals surface area contributed by atoms with Crippen LogP contribution in [0, 0.1) is 15.9 Å². The molecule has 2 fully saturated rings. The lowest BCUT2D eigenvalue weighted by atomic mass is 10.1. The Kier molecular flexibility index (Phi) is 8.91. The zero-order valence-electron chi connectivity index (χ0n) is 17.2. The van der Waals surface area contributed by atoms with Crippen LogP contribution in [0.5, 0.6) is 0 Å². The molecule has 1 saturated carbocycles. The van der Waals surface area contributed by atoms with Gasteiger partial charge in [-0.05, 0) is 18.9 Å². The van der Waals surface area contributed by atoms with Crippen LogP contribution in [0.4, 0.5) is 15.8 Å². The van der Waals surface area contributed by atoms with E-state index in [0.717, 1.165) is 36.2 Å². The van der Waals surface area contributed by atoms with E-state index in [0.29, 0.717) is 6.04 Å². The van der Waals surface area contributed by atoms with E-state index >= 15 is 0 Å². The molecule has 166 valence electrons. The summed E-state index contributed by atoms with van der Waals surface area (Å²) in [5.74, 6) is -1.06. The van der Waals surface area contributed by atoms with Gasteiger partial charge >= 0.3 is 0 Å². The number of amides is 1. The number of non-ortho nitro benzene ring substituents is 1. The van der Waals surface area contributed by atoms with Crippen LogP contribution in [-0.2, 0) is 4.79 Å². The van der Waals surface area contributed by atoms with Crippen molar-refractivity contribution in [2.75, 3.05) is 12.4 Å². The molecule has 1 saturated heterocycles. The van der Waals surface area contributed by atoms with Gasteiger partial charge in [0.05, 0.1) is 22.7 Å². The van der Waals surface area contributed by atoms with E-state index in [1.54, 1.807) is 11.8 Å². The number of thioether (sulfide) groups is 1. The lowest BCUT2D eigenvalue weighted by Gasteiger charge is -2.23. The Morgan fingerprint density at radius 2 is 2.00 bits per heavy atom.